The molecule has 0 atom stereocenters. The lowest BCUT2D eigenvalue weighted by Gasteiger charge is -2.32. The van der Waals surface area contributed by atoms with Crippen molar-refractivity contribution in [3.8, 4) is 0 Å². The molecule has 0 aliphatic heterocycles. The van der Waals surface area contributed by atoms with Crippen molar-refractivity contribution >= 4 is 11.7 Å². The van der Waals surface area contributed by atoms with Crippen LogP contribution >= 0.6 is 0 Å². The van der Waals surface area contributed by atoms with E-state index in [4.69, 9.17) is 5.73 Å². The second kappa shape index (κ2) is 5.97. The molecular formula is C20H17NO2. The Morgan fingerprint density at radius 3 is 1.61 bits per heavy atom. The summed E-state index contributed by atoms with van der Waals surface area (Å²) in [6, 6.07) is 25.6. The molecule has 0 fully saturated rings. The van der Waals surface area contributed by atoms with Crippen LogP contribution in [0.1, 0.15) is 16.7 Å². The van der Waals surface area contributed by atoms with Crippen molar-refractivity contribution in [1.29, 1.82) is 0 Å². The molecule has 0 saturated heterocycles. The third-order valence-corrected chi connectivity index (χ3v) is 4.10. The number of carboxylic acid groups (broad SMARTS) is 1. The minimum Gasteiger partial charge on any atom is -0.480 e. The van der Waals surface area contributed by atoms with Gasteiger partial charge in [-0.2, -0.15) is 0 Å². The van der Waals surface area contributed by atoms with Gasteiger partial charge in [-0.05, 0) is 17.2 Å². The molecule has 0 aromatic heterocycles. The number of anilines is 1. The fourth-order valence-electron chi connectivity index (χ4n) is 3.05. The maximum Gasteiger partial charge on any atom is 0.323 e. The second-order valence-corrected chi connectivity index (χ2v) is 5.37. The molecule has 0 aliphatic carbocycles. The summed E-state index contributed by atoms with van der Waals surface area (Å²) in [5.41, 5.74) is 7.21. The first-order valence-electron chi connectivity index (χ1n) is 7.37. The van der Waals surface area contributed by atoms with Crippen molar-refractivity contribution in [2.75, 3.05) is 5.73 Å². The van der Waals surface area contributed by atoms with E-state index in [0.717, 1.165) is 0 Å². The van der Waals surface area contributed by atoms with Crippen molar-refractivity contribution in [3.63, 3.8) is 0 Å². The van der Waals surface area contributed by atoms with Gasteiger partial charge in [-0.3, -0.25) is 4.79 Å². The molecule has 3 rings (SSSR count). The largest absolute Gasteiger partial charge is 0.480 e. The van der Waals surface area contributed by atoms with Crippen LogP contribution in [0.3, 0.4) is 0 Å². The van der Waals surface area contributed by atoms with Gasteiger partial charge in [-0.25, -0.2) is 0 Å². The molecule has 23 heavy (non-hydrogen) atoms. The van der Waals surface area contributed by atoms with Gasteiger partial charge in [0.1, 0.15) is 5.41 Å². The van der Waals surface area contributed by atoms with Crippen molar-refractivity contribution in [3.05, 3.63) is 102 Å². The average Bonchev–Trinajstić information content (AvgIpc) is 2.59. The minimum absolute atomic E-state index is 0.461. The van der Waals surface area contributed by atoms with Crippen LogP contribution in [0.15, 0.2) is 84.9 Å². The van der Waals surface area contributed by atoms with Crippen molar-refractivity contribution in [2.24, 2.45) is 0 Å². The predicted octanol–water partition coefficient (Wildman–Crippen LogP) is 3.69. The molecule has 0 spiro atoms. The molecule has 0 amide bonds. The highest BCUT2D eigenvalue weighted by molar-refractivity contribution is 5.92. The SMILES string of the molecule is Nc1ccccc1C(C(=O)O)(c1ccccc1)c1ccccc1. The number of nitrogen functional groups attached to an aromatic ring is 1. The molecule has 3 heteroatoms. The van der Waals surface area contributed by atoms with E-state index >= 15 is 0 Å². The van der Waals surface area contributed by atoms with Gasteiger partial charge in [0.2, 0.25) is 0 Å². The Labute approximate surface area is 135 Å². The molecule has 3 aromatic rings. The molecule has 0 unspecified atom stereocenters. The number of hydrogen-bond acceptors (Lipinski definition) is 2. The molecule has 0 radical (unpaired) electrons. The molecule has 3 N–H and O–H groups in total. The molecule has 3 nitrogen and oxygen atoms in total. The van der Waals surface area contributed by atoms with E-state index in [1.807, 2.05) is 66.7 Å². The Hall–Kier alpha value is -3.07. The predicted molar refractivity (Wildman–Crippen MR) is 91.3 cm³/mol. The van der Waals surface area contributed by atoms with Crippen LogP contribution < -0.4 is 5.73 Å². The fourth-order valence-corrected chi connectivity index (χ4v) is 3.05. The third kappa shape index (κ3) is 2.36. The van der Waals surface area contributed by atoms with Crippen molar-refractivity contribution < 1.29 is 9.90 Å². The highest BCUT2D eigenvalue weighted by Gasteiger charge is 2.45. The number of rotatable bonds is 4. The number of hydrogen-bond donors (Lipinski definition) is 2. The van der Waals surface area contributed by atoms with Gasteiger partial charge < -0.3 is 10.8 Å². The molecule has 3 aromatic carbocycles. The van der Waals surface area contributed by atoms with Gasteiger partial charge in [-0.1, -0.05) is 78.9 Å². The Balaban J connectivity index is 2.42. The van der Waals surface area contributed by atoms with E-state index in [2.05, 4.69) is 0 Å². The van der Waals surface area contributed by atoms with E-state index in [1.54, 1.807) is 18.2 Å². The zero-order chi connectivity index (χ0) is 16.3. The highest BCUT2D eigenvalue weighted by Crippen LogP contribution is 2.41. The second-order valence-electron chi connectivity index (χ2n) is 5.37. The summed E-state index contributed by atoms with van der Waals surface area (Å²) in [5.74, 6) is -0.951. The average molecular weight is 303 g/mol. The number of para-hydroxylation sites is 1. The summed E-state index contributed by atoms with van der Waals surface area (Å²) < 4.78 is 0. The lowest BCUT2D eigenvalue weighted by atomic mass is 9.69. The Morgan fingerprint density at radius 2 is 1.17 bits per heavy atom. The number of nitrogens with two attached hydrogens (primary N) is 1. The zero-order valence-electron chi connectivity index (χ0n) is 12.5. The summed E-state index contributed by atoms with van der Waals surface area (Å²) in [4.78, 5) is 12.5. The molecule has 114 valence electrons. The van der Waals surface area contributed by atoms with Crippen LogP contribution in [0.5, 0.6) is 0 Å². The molecule has 0 heterocycles. The normalized spacial score (nSPS) is 11.1. The topological polar surface area (TPSA) is 63.3 Å². The molecule has 0 saturated carbocycles. The Kier molecular flexibility index (Phi) is 3.85. The van der Waals surface area contributed by atoms with Crippen molar-refractivity contribution in [1.82, 2.24) is 0 Å². The summed E-state index contributed by atoms with van der Waals surface area (Å²) in [7, 11) is 0. The fraction of sp³-hybridized carbons (Fsp3) is 0.0500. The minimum atomic E-state index is -1.34. The van der Waals surface area contributed by atoms with E-state index in [9.17, 15) is 9.90 Å². The maximum atomic E-state index is 12.5. The van der Waals surface area contributed by atoms with Crippen molar-refractivity contribution in [2.45, 2.75) is 5.41 Å². The van der Waals surface area contributed by atoms with Crippen LogP contribution in [0.4, 0.5) is 5.69 Å². The van der Waals surface area contributed by atoms with Gasteiger partial charge in [-0.15, -0.1) is 0 Å². The summed E-state index contributed by atoms with van der Waals surface area (Å²) in [6.45, 7) is 0. The lowest BCUT2D eigenvalue weighted by Crippen LogP contribution is -2.39. The van der Waals surface area contributed by atoms with Gasteiger partial charge in [0.25, 0.3) is 0 Å². The van der Waals surface area contributed by atoms with Gasteiger partial charge >= 0.3 is 5.97 Å². The third-order valence-electron chi connectivity index (χ3n) is 4.10. The first kappa shape index (κ1) is 14.9. The van der Waals surface area contributed by atoms with Crippen LogP contribution in [0.25, 0.3) is 0 Å². The summed E-state index contributed by atoms with van der Waals surface area (Å²) in [5, 5.41) is 10.3. The number of benzene rings is 3. The lowest BCUT2D eigenvalue weighted by molar-refractivity contribution is -0.140. The van der Waals surface area contributed by atoms with Crippen LogP contribution in [0, 0.1) is 0 Å². The Morgan fingerprint density at radius 1 is 0.739 bits per heavy atom. The van der Waals surface area contributed by atoms with Crippen LogP contribution in [-0.2, 0) is 10.2 Å². The van der Waals surface area contributed by atoms with Gasteiger partial charge in [0, 0.05) is 11.3 Å². The molecule has 0 bridgehead atoms. The number of carboxylic acids is 1. The molecular weight excluding hydrogens is 286 g/mol. The smallest absolute Gasteiger partial charge is 0.323 e. The van der Waals surface area contributed by atoms with E-state index < -0.39 is 11.4 Å². The van der Waals surface area contributed by atoms with Gasteiger partial charge in [0.05, 0.1) is 0 Å². The van der Waals surface area contributed by atoms with Crippen LogP contribution in [0.2, 0.25) is 0 Å². The van der Waals surface area contributed by atoms with E-state index in [-0.39, 0.29) is 0 Å². The number of aliphatic carboxylic acids is 1. The summed E-state index contributed by atoms with van der Waals surface area (Å²) in [6.07, 6.45) is 0. The first-order valence-corrected chi connectivity index (χ1v) is 7.37. The quantitative estimate of drug-likeness (QED) is 0.571. The first-order chi connectivity index (χ1) is 11.2. The highest BCUT2D eigenvalue weighted by atomic mass is 16.4. The van der Waals surface area contributed by atoms with E-state index in [1.165, 1.54) is 0 Å². The number of carbonyl (C=O) groups is 1. The zero-order valence-corrected chi connectivity index (χ0v) is 12.5. The summed E-state index contributed by atoms with van der Waals surface area (Å²) >= 11 is 0. The standard InChI is InChI=1S/C20H17NO2/c21-18-14-8-7-13-17(18)20(19(22)23,15-9-3-1-4-10-15)16-11-5-2-6-12-16/h1-14H,21H2,(H,22,23). The Bertz CT molecular complexity index is 774. The van der Waals surface area contributed by atoms with Gasteiger partial charge in [0.15, 0.2) is 0 Å². The molecule has 0 aliphatic rings. The maximum absolute atomic E-state index is 12.5. The monoisotopic (exact) mass is 303 g/mol. The van der Waals surface area contributed by atoms with E-state index in [0.29, 0.717) is 22.4 Å². The van der Waals surface area contributed by atoms with Crippen LogP contribution in [-0.4, -0.2) is 11.1 Å².